The maximum Gasteiger partial charge on any atom is 0.291 e. The van der Waals surface area contributed by atoms with Crippen LogP contribution in [0.3, 0.4) is 0 Å². The van der Waals surface area contributed by atoms with Crippen molar-refractivity contribution in [3.63, 3.8) is 0 Å². The SMILES string of the molecule is N[C@H]1CCCC12CCN(c1nc[c][nH]c1=O)CC2. The Balaban J connectivity index is 1.74. The van der Waals surface area contributed by atoms with Crippen LogP contribution >= 0.6 is 0 Å². The minimum atomic E-state index is -0.149. The van der Waals surface area contributed by atoms with Crippen molar-refractivity contribution >= 4 is 5.82 Å². The Morgan fingerprint density at radius 2 is 2.22 bits per heavy atom. The van der Waals surface area contributed by atoms with E-state index in [1.807, 2.05) is 0 Å². The molecule has 1 radical (unpaired) electrons. The summed E-state index contributed by atoms with van der Waals surface area (Å²) in [7, 11) is 0. The summed E-state index contributed by atoms with van der Waals surface area (Å²) in [5.74, 6) is 0.523. The van der Waals surface area contributed by atoms with E-state index in [2.05, 4.69) is 21.1 Å². The van der Waals surface area contributed by atoms with E-state index in [1.165, 1.54) is 19.0 Å². The summed E-state index contributed by atoms with van der Waals surface area (Å²) in [4.78, 5) is 20.4. The number of aromatic amines is 1. The summed E-state index contributed by atoms with van der Waals surface area (Å²) in [5, 5.41) is 0. The molecular formula is C13H19N4O. The maximum atomic E-state index is 11.7. The van der Waals surface area contributed by atoms with E-state index >= 15 is 0 Å². The van der Waals surface area contributed by atoms with Crippen molar-refractivity contribution in [2.24, 2.45) is 11.1 Å². The standard InChI is InChI=1S/C13H19N4O/c14-10-2-1-3-13(10)4-8-17(9-5-13)11-12(18)16-7-6-15-11/h6,10H,1-5,8-9,14H2,(H,16,18)/t10-/m0/s1. The highest BCUT2D eigenvalue weighted by Gasteiger charge is 2.43. The van der Waals surface area contributed by atoms with Crippen molar-refractivity contribution < 1.29 is 0 Å². The van der Waals surface area contributed by atoms with Crippen LogP contribution in [0.5, 0.6) is 0 Å². The molecule has 2 fully saturated rings. The topological polar surface area (TPSA) is 75.0 Å². The second kappa shape index (κ2) is 4.39. The number of anilines is 1. The van der Waals surface area contributed by atoms with Crippen LogP contribution in [0.2, 0.25) is 0 Å². The normalized spacial score (nSPS) is 26.7. The zero-order chi connectivity index (χ0) is 12.6. The fourth-order valence-electron chi connectivity index (χ4n) is 3.48. The van der Waals surface area contributed by atoms with Crippen LogP contribution in [0.15, 0.2) is 11.0 Å². The number of aromatic nitrogens is 2. The average molecular weight is 247 g/mol. The fourth-order valence-corrected chi connectivity index (χ4v) is 3.48. The first-order valence-corrected chi connectivity index (χ1v) is 6.67. The molecule has 1 atom stereocenters. The third kappa shape index (κ3) is 1.82. The lowest BCUT2D eigenvalue weighted by Crippen LogP contribution is -2.48. The maximum absolute atomic E-state index is 11.7. The predicted octanol–water partition coefficient (Wildman–Crippen LogP) is 0.668. The van der Waals surface area contributed by atoms with Crippen LogP contribution in [0.25, 0.3) is 0 Å². The molecule has 0 amide bonds. The zero-order valence-electron chi connectivity index (χ0n) is 10.5. The monoisotopic (exact) mass is 247 g/mol. The Hall–Kier alpha value is -1.36. The molecule has 1 aromatic rings. The number of piperidine rings is 1. The number of nitrogens with two attached hydrogens (primary N) is 1. The molecule has 3 rings (SSSR count). The molecule has 1 saturated heterocycles. The van der Waals surface area contributed by atoms with Gasteiger partial charge in [0, 0.05) is 19.1 Å². The molecule has 1 spiro atoms. The smallest absolute Gasteiger partial charge is 0.291 e. The molecule has 1 aliphatic carbocycles. The first-order chi connectivity index (χ1) is 8.71. The second-order valence-corrected chi connectivity index (χ2v) is 5.53. The van der Waals surface area contributed by atoms with Gasteiger partial charge in [0.2, 0.25) is 0 Å². The summed E-state index contributed by atoms with van der Waals surface area (Å²) in [5.41, 5.74) is 6.43. The first kappa shape index (κ1) is 11.7. The molecular weight excluding hydrogens is 228 g/mol. The zero-order valence-corrected chi connectivity index (χ0v) is 10.5. The summed E-state index contributed by atoms with van der Waals surface area (Å²) in [6.07, 6.45) is 9.92. The van der Waals surface area contributed by atoms with E-state index in [0.717, 1.165) is 32.4 Å². The van der Waals surface area contributed by atoms with Crippen LogP contribution in [-0.4, -0.2) is 29.1 Å². The van der Waals surface area contributed by atoms with Gasteiger partial charge in [-0.05, 0) is 31.1 Å². The van der Waals surface area contributed by atoms with E-state index in [-0.39, 0.29) is 5.56 Å². The Kier molecular flexibility index (Phi) is 2.86. The highest BCUT2D eigenvalue weighted by molar-refractivity contribution is 5.36. The van der Waals surface area contributed by atoms with Crippen molar-refractivity contribution in [3.8, 4) is 0 Å². The number of hydrogen-bond donors (Lipinski definition) is 2. The lowest BCUT2D eigenvalue weighted by atomic mass is 9.74. The Labute approximate surface area is 106 Å². The van der Waals surface area contributed by atoms with Crippen molar-refractivity contribution in [1.29, 1.82) is 0 Å². The molecule has 1 aliphatic heterocycles. The predicted molar refractivity (Wildman–Crippen MR) is 69.4 cm³/mol. The molecule has 18 heavy (non-hydrogen) atoms. The third-order valence-electron chi connectivity index (χ3n) is 4.68. The first-order valence-electron chi connectivity index (χ1n) is 6.67. The molecule has 0 aromatic carbocycles. The van der Waals surface area contributed by atoms with Crippen molar-refractivity contribution in [3.05, 3.63) is 22.7 Å². The lowest BCUT2D eigenvalue weighted by Gasteiger charge is -2.42. The van der Waals surface area contributed by atoms with Gasteiger partial charge in [0.05, 0.1) is 12.4 Å². The van der Waals surface area contributed by atoms with Gasteiger partial charge in [0.25, 0.3) is 5.56 Å². The summed E-state index contributed by atoms with van der Waals surface area (Å²) < 4.78 is 0. The van der Waals surface area contributed by atoms with Crippen molar-refractivity contribution in [1.82, 2.24) is 9.97 Å². The Morgan fingerprint density at radius 3 is 2.83 bits per heavy atom. The van der Waals surface area contributed by atoms with E-state index in [0.29, 0.717) is 17.3 Å². The molecule has 0 bridgehead atoms. The van der Waals surface area contributed by atoms with Gasteiger partial charge in [-0.1, -0.05) is 6.42 Å². The van der Waals surface area contributed by atoms with Gasteiger partial charge in [-0.25, -0.2) is 4.98 Å². The number of H-pyrrole nitrogens is 1. The molecule has 97 valence electrons. The van der Waals surface area contributed by atoms with Crippen LogP contribution in [0.4, 0.5) is 5.82 Å². The van der Waals surface area contributed by atoms with Gasteiger partial charge in [0.15, 0.2) is 5.82 Å². The minimum absolute atomic E-state index is 0.149. The molecule has 5 heteroatoms. The van der Waals surface area contributed by atoms with Crippen LogP contribution in [0, 0.1) is 11.6 Å². The molecule has 3 N–H and O–H groups in total. The Bertz CT molecular complexity index is 476. The van der Waals surface area contributed by atoms with E-state index in [1.54, 1.807) is 0 Å². The molecule has 1 saturated carbocycles. The third-order valence-corrected chi connectivity index (χ3v) is 4.68. The van der Waals surface area contributed by atoms with Crippen molar-refractivity contribution in [2.75, 3.05) is 18.0 Å². The Morgan fingerprint density at radius 1 is 1.44 bits per heavy atom. The highest BCUT2D eigenvalue weighted by atomic mass is 16.1. The van der Waals surface area contributed by atoms with Crippen molar-refractivity contribution in [2.45, 2.75) is 38.1 Å². The van der Waals surface area contributed by atoms with Gasteiger partial charge in [-0.15, -0.1) is 0 Å². The molecule has 2 heterocycles. The lowest BCUT2D eigenvalue weighted by molar-refractivity contribution is 0.197. The second-order valence-electron chi connectivity index (χ2n) is 5.53. The molecule has 5 nitrogen and oxygen atoms in total. The van der Waals surface area contributed by atoms with Gasteiger partial charge in [-0.2, -0.15) is 0 Å². The van der Waals surface area contributed by atoms with Crippen LogP contribution in [-0.2, 0) is 0 Å². The van der Waals surface area contributed by atoms with Gasteiger partial charge < -0.3 is 15.6 Å². The molecule has 1 aromatic heterocycles. The number of hydrogen-bond acceptors (Lipinski definition) is 4. The van der Waals surface area contributed by atoms with Gasteiger partial charge in [0.1, 0.15) is 0 Å². The number of nitrogens with one attached hydrogen (secondary N) is 1. The molecule has 0 unspecified atom stereocenters. The van der Waals surface area contributed by atoms with Gasteiger partial charge in [-0.3, -0.25) is 4.79 Å². The average Bonchev–Trinajstić information content (AvgIpc) is 2.73. The summed E-state index contributed by atoms with van der Waals surface area (Å²) >= 11 is 0. The summed E-state index contributed by atoms with van der Waals surface area (Å²) in [6, 6.07) is 0.343. The fraction of sp³-hybridized carbons (Fsp3) is 0.692. The largest absolute Gasteiger partial charge is 0.352 e. The molecule has 2 aliphatic rings. The minimum Gasteiger partial charge on any atom is -0.352 e. The number of nitrogens with zero attached hydrogens (tertiary/aromatic N) is 2. The van der Waals surface area contributed by atoms with Gasteiger partial charge >= 0.3 is 0 Å². The quantitative estimate of drug-likeness (QED) is 0.765. The van der Waals surface area contributed by atoms with Crippen LogP contribution in [0.1, 0.15) is 32.1 Å². The van der Waals surface area contributed by atoms with E-state index in [4.69, 9.17) is 5.73 Å². The number of rotatable bonds is 1. The summed E-state index contributed by atoms with van der Waals surface area (Å²) in [6.45, 7) is 1.77. The highest BCUT2D eigenvalue weighted by Crippen LogP contribution is 2.45. The van der Waals surface area contributed by atoms with E-state index < -0.39 is 0 Å². The van der Waals surface area contributed by atoms with E-state index in [9.17, 15) is 4.79 Å². The van der Waals surface area contributed by atoms with Crippen LogP contribution < -0.4 is 16.2 Å².